The van der Waals surface area contributed by atoms with Crippen LogP contribution in [0.3, 0.4) is 0 Å². The first kappa shape index (κ1) is 22.8. The van der Waals surface area contributed by atoms with Crippen LogP contribution in [0.4, 0.5) is 10.5 Å². The highest BCUT2D eigenvalue weighted by Crippen LogP contribution is 2.39. The van der Waals surface area contributed by atoms with E-state index in [0.29, 0.717) is 28.4 Å². The molecule has 0 aliphatic heterocycles. The number of urea groups is 1. The van der Waals surface area contributed by atoms with Gasteiger partial charge in [-0.1, -0.05) is 12.1 Å². The van der Waals surface area contributed by atoms with Gasteiger partial charge in [0.15, 0.2) is 22.9 Å². The average Bonchev–Trinajstić information content (AvgIpc) is 3.46. The first-order valence-corrected chi connectivity index (χ1v) is 12.0. The van der Waals surface area contributed by atoms with Crippen molar-refractivity contribution in [3.8, 4) is 29.0 Å². The van der Waals surface area contributed by atoms with Crippen molar-refractivity contribution in [2.24, 2.45) is 7.05 Å². The zero-order chi connectivity index (χ0) is 25.7. The third kappa shape index (κ3) is 3.70. The summed E-state index contributed by atoms with van der Waals surface area (Å²) in [6.07, 6.45) is 3.06. The predicted molar refractivity (Wildman–Crippen MR) is 139 cm³/mol. The molecule has 6 rings (SSSR count). The van der Waals surface area contributed by atoms with Gasteiger partial charge in [0.25, 0.3) is 5.56 Å². The fourth-order valence-corrected chi connectivity index (χ4v) is 4.62. The maximum Gasteiger partial charge on any atom is 0.318 e. The van der Waals surface area contributed by atoms with Crippen LogP contribution in [0.15, 0.2) is 51.7 Å². The van der Waals surface area contributed by atoms with Crippen LogP contribution in [-0.4, -0.2) is 44.3 Å². The molecule has 11 nitrogen and oxygen atoms in total. The summed E-state index contributed by atoms with van der Waals surface area (Å²) in [5.74, 6) is 1.16. The van der Waals surface area contributed by atoms with Crippen molar-refractivity contribution in [2.45, 2.75) is 25.3 Å². The zero-order valence-corrected chi connectivity index (χ0v) is 20.6. The van der Waals surface area contributed by atoms with Crippen LogP contribution in [0.2, 0.25) is 0 Å². The van der Waals surface area contributed by atoms with Crippen molar-refractivity contribution >= 4 is 33.9 Å². The maximum atomic E-state index is 13.4. The lowest BCUT2D eigenvalue weighted by atomic mass is 9.92. The Bertz CT molecular complexity index is 1700. The molecule has 0 unspecified atom stereocenters. The van der Waals surface area contributed by atoms with E-state index < -0.39 is 0 Å². The Balaban J connectivity index is 1.58. The highest BCUT2D eigenvalue weighted by molar-refractivity contribution is 5.92. The number of hydrogen-bond acceptors (Lipinski definition) is 7. The summed E-state index contributed by atoms with van der Waals surface area (Å²) in [6, 6.07) is 12.8. The van der Waals surface area contributed by atoms with Gasteiger partial charge < -0.3 is 24.4 Å². The van der Waals surface area contributed by atoms with E-state index in [9.17, 15) is 9.59 Å². The van der Waals surface area contributed by atoms with E-state index in [0.717, 1.165) is 30.3 Å². The van der Waals surface area contributed by atoms with E-state index in [1.807, 2.05) is 30.3 Å². The molecule has 37 heavy (non-hydrogen) atoms. The maximum absolute atomic E-state index is 13.4. The number of carbonyl (C=O) groups is 1. The van der Waals surface area contributed by atoms with Crippen molar-refractivity contribution in [1.82, 2.24) is 29.4 Å². The Morgan fingerprint density at radius 3 is 2.59 bits per heavy atom. The summed E-state index contributed by atoms with van der Waals surface area (Å²) in [6.45, 7) is 0. The molecular weight excluding hydrogens is 474 g/mol. The molecule has 1 fully saturated rings. The standard InChI is InChI=1S/C26H25N7O4/c1-27-26(35)28-14-11-12-16-18(13-14)33(15-7-6-8-15)23(29-16)22-31-20(21(36-3)25(34)32(22)2)24-30-17-9-4-5-10-19(17)37-24/h4-5,9-13,15H,6-8H2,1-3H3,(H2,27,28,35). The van der Waals surface area contributed by atoms with Crippen LogP contribution < -0.4 is 20.9 Å². The number of benzene rings is 2. The largest absolute Gasteiger partial charge is 0.489 e. The zero-order valence-electron chi connectivity index (χ0n) is 20.6. The molecule has 11 heteroatoms. The molecule has 1 aliphatic rings. The van der Waals surface area contributed by atoms with Crippen molar-refractivity contribution in [2.75, 3.05) is 19.5 Å². The van der Waals surface area contributed by atoms with E-state index in [4.69, 9.17) is 19.1 Å². The van der Waals surface area contributed by atoms with Gasteiger partial charge in [0.2, 0.25) is 11.6 Å². The Morgan fingerprint density at radius 2 is 1.89 bits per heavy atom. The molecule has 0 atom stereocenters. The highest BCUT2D eigenvalue weighted by atomic mass is 16.5. The van der Waals surface area contributed by atoms with Crippen LogP contribution in [0.5, 0.6) is 5.75 Å². The number of anilines is 1. The van der Waals surface area contributed by atoms with Gasteiger partial charge in [0.05, 0.1) is 18.1 Å². The van der Waals surface area contributed by atoms with Crippen LogP contribution in [-0.2, 0) is 7.05 Å². The number of imidazole rings is 1. The number of oxazole rings is 1. The van der Waals surface area contributed by atoms with Gasteiger partial charge in [-0.3, -0.25) is 9.36 Å². The number of hydrogen-bond donors (Lipinski definition) is 2. The van der Waals surface area contributed by atoms with Crippen LogP contribution in [0, 0.1) is 0 Å². The van der Waals surface area contributed by atoms with Gasteiger partial charge >= 0.3 is 6.03 Å². The molecule has 0 bridgehead atoms. The fourth-order valence-electron chi connectivity index (χ4n) is 4.62. The van der Waals surface area contributed by atoms with Gasteiger partial charge in [-0.25, -0.2) is 19.7 Å². The lowest BCUT2D eigenvalue weighted by molar-refractivity contribution is 0.254. The Labute approximate surface area is 211 Å². The Hall–Kier alpha value is -4.67. The van der Waals surface area contributed by atoms with Gasteiger partial charge in [0, 0.05) is 25.8 Å². The first-order chi connectivity index (χ1) is 18.0. The molecule has 0 radical (unpaired) electrons. The van der Waals surface area contributed by atoms with Crippen LogP contribution >= 0.6 is 0 Å². The van der Waals surface area contributed by atoms with E-state index in [-0.39, 0.29) is 35.0 Å². The molecule has 1 aliphatic carbocycles. The van der Waals surface area contributed by atoms with E-state index in [2.05, 4.69) is 20.2 Å². The Kier molecular flexibility index (Phi) is 5.40. The summed E-state index contributed by atoms with van der Waals surface area (Å²) in [4.78, 5) is 39.6. The third-order valence-corrected chi connectivity index (χ3v) is 6.76. The third-order valence-electron chi connectivity index (χ3n) is 6.76. The smallest absolute Gasteiger partial charge is 0.318 e. The van der Waals surface area contributed by atoms with Crippen LogP contribution in [0.1, 0.15) is 25.3 Å². The number of methoxy groups -OCH3 is 1. The molecule has 3 aromatic heterocycles. The lowest BCUT2D eigenvalue weighted by Crippen LogP contribution is -2.25. The van der Waals surface area contributed by atoms with Crippen LogP contribution in [0.25, 0.3) is 45.4 Å². The molecule has 2 amide bonds. The van der Waals surface area contributed by atoms with E-state index in [1.54, 1.807) is 26.2 Å². The second-order valence-electron chi connectivity index (χ2n) is 8.97. The minimum Gasteiger partial charge on any atom is -0.489 e. The molecule has 5 aromatic rings. The number of para-hydroxylation sites is 2. The number of carbonyl (C=O) groups excluding carboxylic acids is 1. The van der Waals surface area contributed by atoms with Gasteiger partial charge in [-0.05, 0) is 49.6 Å². The number of ether oxygens (including phenoxy) is 1. The summed E-state index contributed by atoms with van der Waals surface area (Å²) in [5, 5.41) is 5.38. The van der Waals surface area contributed by atoms with Crippen molar-refractivity contribution in [3.05, 3.63) is 52.8 Å². The number of fused-ring (bicyclic) bond motifs is 2. The number of nitrogens with one attached hydrogen (secondary N) is 2. The number of amides is 2. The molecule has 0 saturated heterocycles. The minimum atomic E-state index is -0.376. The summed E-state index contributed by atoms with van der Waals surface area (Å²) in [7, 11) is 4.63. The topological polar surface area (TPSA) is 129 Å². The highest BCUT2D eigenvalue weighted by Gasteiger charge is 2.29. The second kappa shape index (κ2) is 8.77. The average molecular weight is 500 g/mol. The number of rotatable bonds is 5. The lowest BCUT2D eigenvalue weighted by Gasteiger charge is -2.29. The van der Waals surface area contributed by atoms with Crippen molar-refractivity contribution in [1.29, 1.82) is 0 Å². The van der Waals surface area contributed by atoms with E-state index >= 15 is 0 Å². The molecule has 3 heterocycles. The summed E-state index contributed by atoms with van der Waals surface area (Å²) in [5.41, 5.74) is 3.30. The van der Waals surface area contributed by atoms with Crippen molar-refractivity contribution in [3.63, 3.8) is 0 Å². The predicted octanol–water partition coefficient (Wildman–Crippen LogP) is 4.09. The fraction of sp³-hybridized carbons (Fsp3) is 0.269. The minimum absolute atomic E-state index is 0.0428. The monoisotopic (exact) mass is 499 g/mol. The summed E-state index contributed by atoms with van der Waals surface area (Å²) >= 11 is 0. The Morgan fingerprint density at radius 1 is 1.08 bits per heavy atom. The summed E-state index contributed by atoms with van der Waals surface area (Å²) < 4.78 is 14.9. The number of nitrogens with zero attached hydrogens (tertiary/aromatic N) is 5. The normalized spacial score (nSPS) is 13.6. The molecule has 0 spiro atoms. The molecule has 1 saturated carbocycles. The molecule has 188 valence electrons. The van der Waals surface area contributed by atoms with Gasteiger partial charge in [-0.2, -0.15) is 0 Å². The SMILES string of the molecule is CNC(=O)Nc1ccc2nc(-c3nc(-c4nc5ccccc5o4)c(OC)c(=O)n3C)n(C3CCC3)c2c1. The molecule has 2 N–H and O–H groups in total. The quantitative estimate of drug-likeness (QED) is 0.373. The van der Waals surface area contributed by atoms with Crippen molar-refractivity contribution < 1.29 is 13.9 Å². The second-order valence-corrected chi connectivity index (χ2v) is 8.97. The van der Waals surface area contributed by atoms with Gasteiger partial charge in [0.1, 0.15) is 5.52 Å². The molecule has 2 aromatic carbocycles. The molecular formula is C26H25N7O4. The van der Waals surface area contributed by atoms with Gasteiger partial charge in [-0.15, -0.1) is 0 Å². The number of aromatic nitrogens is 5. The first-order valence-electron chi connectivity index (χ1n) is 12.0. The van der Waals surface area contributed by atoms with E-state index in [1.165, 1.54) is 11.7 Å².